The quantitative estimate of drug-likeness (QED) is 0.714. The molecule has 2 rings (SSSR count). The molecule has 1 aliphatic rings. The molecule has 0 aromatic heterocycles. The van der Waals surface area contributed by atoms with Crippen LogP contribution in [0.1, 0.15) is 25.3 Å². The predicted octanol–water partition coefficient (Wildman–Crippen LogP) is 1.66. The lowest BCUT2D eigenvalue weighted by molar-refractivity contribution is 0.115. The molecule has 2 atom stereocenters. The van der Waals surface area contributed by atoms with Gasteiger partial charge in [-0.25, -0.2) is 0 Å². The molecule has 4 nitrogen and oxygen atoms in total. The average molecular weight is 250 g/mol. The maximum Gasteiger partial charge on any atom is 0.157 e. The summed E-state index contributed by atoms with van der Waals surface area (Å²) in [5.74, 6) is 0.617. The number of hydrogen-bond acceptors (Lipinski definition) is 4. The third-order valence-electron chi connectivity index (χ3n) is 3.80. The van der Waals surface area contributed by atoms with Gasteiger partial charge in [-0.3, -0.25) is 4.90 Å². The van der Waals surface area contributed by atoms with Gasteiger partial charge in [0, 0.05) is 19.1 Å². The number of phenols is 2. The van der Waals surface area contributed by atoms with E-state index in [1.807, 2.05) is 6.07 Å². The largest absolute Gasteiger partial charge is 0.504 e. The van der Waals surface area contributed by atoms with Gasteiger partial charge in [0.1, 0.15) is 0 Å². The molecule has 0 bridgehead atoms. The van der Waals surface area contributed by atoms with Crippen molar-refractivity contribution in [2.45, 2.75) is 32.4 Å². The minimum absolute atomic E-state index is 0.0535. The molecule has 1 aromatic rings. The molecule has 0 aliphatic carbocycles. The second kappa shape index (κ2) is 5.59. The van der Waals surface area contributed by atoms with Crippen molar-refractivity contribution in [2.24, 2.45) is 11.7 Å². The Balaban J connectivity index is 2.05. The molecule has 1 heterocycles. The highest BCUT2D eigenvalue weighted by atomic mass is 16.3. The first-order valence-corrected chi connectivity index (χ1v) is 6.55. The summed E-state index contributed by atoms with van der Waals surface area (Å²) in [5.41, 5.74) is 6.84. The van der Waals surface area contributed by atoms with Gasteiger partial charge in [-0.05, 0) is 43.0 Å². The lowest BCUT2D eigenvalue weighted by atomic mass is 9.92. The number of likely N-dealkylation sites (tertiary alicyclic amines) is 1. The highest BCUT2D eigenvalue weighted by Gasteiger charge is 2.25. The second-order valence-electron chi connectivity index (χ2n) is 5.31. The summed E-state index contributed by atoms with van der Waals surface area (Å²) >= 11 is 0. The van der Waals surface area contributed by atoms with Crippen LogP contribution in [0.15, 0.2) is 18.2 Å². The molecule has 4 heteroatoms. The second-order valence-corrected chi connectivity index (χ2v) is 5.31. The Hall–Kier alpha value is -1.26. The molecule has 1 aromatic carbocycles. The van der Waals surface area contributed by atoms with Gasteiger partial charge in [-0.15, -0.1) is 0 Å². The van der Waals surface area contributed by atoms with Crippen molar-refractivity contribution < 1.29 is 10.2 Å². The number of nitrogens with zero attached hydrogens (tertiary/aromatic N) is 1. The Morgan fingerprint density at radius 1 is 1.33 bits per heavy atom. The van der Waals surface area contributed by atoms with Crippen molar-refractivity contribution in [3.05, 3.63) is 23.8 Å². The maximum absolute atomic E-state index is 9.50. The number of benzene rings is 1. The van der Waals surface area contributed by atoms with Gasteiger partial charge in [-0.1, -0.05) is 13.0 Å². The van der Waals surface area contributed by atoms with E-state index in [4.69, 9.17) is 5.73 Å². The lowest BCUT2D eigenvalue weighted by Gasteiger charge is -2.38. The van der Waals surface area contributed by atoms with Crippen molar-refractivity contribution >= 4 is 0 Å². The van der Waals surface area contributed by atoms with Crippen molar-refractivity contribution in [3.8, 4) is 11.5 Å². The number of aromatic hydroxyl groups is 2. The predicted molar refractivity (Wildman–Crippen MR) is 71.4 cm³/mol. The summed E-state index contributed by atoms with van der Waals surface area (Å²) in [6.45, 7) is 4.77. The molecule has 0 radical (unpaired) electrons. The monoisotopic (exact) mass is 250 g/mol. The molecule has 4 N–H and O–H groups in total. The maximum atomic E-state index is 9.50. The topological polar surface area (TPSA) is 69.7 Å². The molecule has 1 saturated heterocycles. The highest BCUT2D eigenvalue weighted by molar-refractivity contribution is 5.40. The van der Waals surface area contributed by atoms with Gasteiger partial charge < -0.3 is 15.9 Å². The fourth-order valence-corrected chi connectivity index (χ4v) is 2.66. The molecule has 1 aliphatic heterocycles. The Bertz CT molecular complexity index is 409. The van der Waals surface area contributed by atoms with Gasteiger partial charge in [0.2, 0.25) is 0 Å². The van der Waals surface area contributed by atoms with E-state index in [2.05, 4.69) is 11.8 Å². The normalized spacial score (nSPS) is 25.2. The van der Waals surface area contributed by atoms with Crippen LogP contribution in [0.4, 0.5) is 0 Å². The van der Waals surface area contributed by atoms with E-state index in [1.54, 1.807) is 6.07 Å². The molecular formula is C14H22N2O2. The SMILES string of the molecule is CC1CCN(Cc2ccc(O)c(O)c2)C(CN)C1. The van der Waals surface area contributed by atoms with E-state index >= 15 is 0 Å². The molecule has 0 spiro atoms. The van der Waals surface area contributed by atoms with Crippen molar-refractivity contribution in [2.75, 3.05) is 13.1 Å². The zero-order chi connectivity index (χ0) is 13.1. The molecule has 2 unspecified atom stereocenters. The van der Waals surface area contributed by atoms with Crippen molar-refractivity contribution in [1.82, 2.24) is 4.90 Å². The minimum Gasteiger partial charge on any atom is -0.504 e. The van der Waals surface area contributed by atoms with E-state index in [0.717, 1.165) is 31.0 Å². The van der Waals surface area contributed by atoms with Crippen LogP contribution in [0.2, 0.25) is 0 Å². The standard InChI is InChI=1S/C14H22N2O2/c1-10-4-5-16(12(6-10)8-15)9-11-2-3-13(17)14(18)7-11/h2-3,7,10,12,17-18H,4-6,8-9,15H2,1H3. The summed E-state index contributed by atoms with van der Waals surface area (Å²) < 4.78 is 0. The first-order valence-electron chi connectivity index (χ1n) is 6.55. The summed E-state index contributed by atoms with van der Waals surface area (Å²) in [5, 5.41) is 18.8. The highest BCUT2D eigenvalue weighted by Crippen LogP contribution is 2.28. The fourth-order valence-electron chi connectivity index (χ4n) is 2.66. The minimum atomic E-state index is -0.0682. The number of piperidine rings is 1. The van der Waals surface area contributed by atoms with Gasteiger partial charge in [0.15, 0.2) is 11.5 Å². The van der Waals surface area contributed by atoms with Crippen molar-refractivity contribution in [3.63, 3.8) is 0 Å². The van der Waals surface area contributed by atoms with E-state index in [-0.39, 0.29) is 11.5 Å². The van der Waals surface area contributed by atoms with Gasteiger partial charge >= 0.3 is 0 Å². The lowest BCUT2D eigenvalue weighted by Crippen LogP contribution is -2.45. The number of phenolic OH excluding ortho intramolecular Hbond substituents is 2. The first kappa shape index (κ1) is 13.2. The summed E-state index contributed by atoms with van der Waals surface area (Å²) in [6.07, 6.45) is 2.33. The molecule has 100 valence electrons. The van der Waals surface area contributed by atoms with Crippen LogP contribution in [0.25, 0.3) is 0 Å². The van der Waals surface area contributed by atoms with Crippen molar-refractivity contribution in [1.29, 1.82) is 0 Å². The van der Waals surface area contributed by atoms with E-state index in [0.29, 0.717) is 12.6 Å². The van der Waals surface area contributed by atoms with Gasteiger partial charge in [0.05, 0.1) is 0 Å². The molecule has 0 amide bonds. The van der Waals surface area contributed by atoms with E-state index < -0.39 is 0 Å². The Morgan fingerprint density at radius 2 is 2.11 bits per heavy atom. The number of hydrogen-bond donors (Lipinski definition) is 3. The molecular weight excluding hydrogens is 228 g/mol. The van der Waals surface area contributed by atoms with Crippen LogP contribution >= 0.6 is 0 Å². The van der Waals surface area contributed by atoms with E-state index in [9.17, 15) is 10.2 Å². The Labute approximate surface area is 108 Å². The first-order chi connectivity index (χ1) is 8.60. The molecule has 0 saturated carbocycles. The Morgan fingerprint density at radius 3 is 2.78 bits per heavy atom. The number of rotatable bonds is 3. The number of nitrogens with two attached hydrogens (primary N) is 1. The third kappa shape index (κ3) is 2.94. The smallest absolute Gasteiger partial charge is 0.157 e. The van der Waals surface area contributed by atoms with E-state index in [1.165, 1.54) is 12.5 Å². The van der Waals surface area contributed by atoms with Crippen LogP contribution < -0.4 is 5.73 Å². The molecule has 1 fully saturated rings. The van der Waals surface area contributed by atoms with Gasteiger partial charge in [0.25, 0.3) is 0 Å². The summed E-state index contributed by atoms with van der Waals surface area (Å²) in [6, 6.07) is 5.43. The van der Waals surface area contributed by atoms with Crippen LogP contribution in [-0.4, -0.2) is 34.2 Å². The fraction of sp³-hybridized carbons (Fsp3) is 0.571. The zero-order valence-corrected chi connectivity index (χ0v) is 10.8. The zero-order valence-electron chi connectivity index (χ0n) is 10.8. The van der Waals surface area contributed by atoms with Crippen LogP contribution in [0.5, 0.6) is 11.5 Å². The third-order valence-corrected chi connectivity index (χ3v) is 3.80. The van der Waals surface area contributed by atoms with Crippen LogP contribution in [0, 0.1) is 5.92 Å². The molecule has 18 heavy (non-hydrogen) atoms. The average Bonchev–Trinajstić information content (AvgIpc) is 2.36. The van der Waals surface area contributed by atoms with Crippen LogP contribution in [-0.2, 0) is 6.54 Å². The Kier molecular flexibility index (Phi) is 4.09. The van der Waals surface area contributed by atoms with Gasteiger partial charge in [-0.2, -0.15) is 0 Å². The summed E-state index contributed by atoms with van der Waals surface area (Å²) in [4.78, 5) is 2.37. The van der Waals surface area contributed by atoms with Crippen LogP contribution in [0.3, 0.4) is 0 Å². The summed E-state index contributed by atoms with van der Waals surface area (Å²) in [7, 11) is 0.